The molecule has 4 nitrogen and oxygen atoms in total. The van der Waals surface area contributed by atoms with Crippen molar-refractivity contribution in [2.75, 3.05) is 0 Å². The number of esters is 1. The molecule has 1 atom stereocenters. The van der Waals surface area contributed by atoms with Gasteiger partial charge in [-0.15, -0.1) is 0 Å². The average molecular weight is 339 g/mol. The Bertz CT molecular complexity index is 624. The van der Waals surface area contributed by atoms with Crippen LogP contribution >= 0.6 is 22.3 Å². The van der Waals surface area contributed by atoms with Crippen LogP contribution in [0.3, 0.4) is 0 Å². The van der Waals surface area contributed by atoms with Gasteiger partial charge in [-0.1, -0.05) is 25.4 Å². The molecule has 1 aromatic rings. The standard InChI is InChI=1S/C13H16Cl2O4S/c1-7(2)9(4)19-13(16)10-5-8(3)12(14)11(6-10)20(15,17)18/h5-7,9H,1-4H3. The molecule has 0 heterocycles. The zero-order valence-electron chi connectivity index (χ0n) is 11.6. The average Bonchev–Trinajstić information content (AvgIpc) is 2.30. The number of carbonyl (C=O) groups excluding carboxylic acids is 1. The van der Waals surface area contributed by atoms with Crippen molar-refractivity contribution in [1.29, 1.82) is 0 Å². The van der Waals surface area contributed by atoms with E-state index in [1.807, 2.05) is 13.8 Å². The minimum Gasteiger partial charge on any atom is -0.459 e. The molecule has 1 rings (SSSR count). The van der Waals surface area contributed by atoms with Gasteiger partial charge >= 0.3 is 5.97 Å². The third-order valence-corrected chi connectivity index (χ3v) is 4.91. The van der Waals surface area contributed by atoms with Crippen molar-refractivity contribution >= 4 is 37.3 Å². The maximum atomic E-state index is 12.0. The smallest absolute Gasteiger partial charge is 0.338 e. The summed E-state index contributed by atoms with van der Waals surface area (Å²) < 4.78 is 28.1. The zero-order valence-corrected chi connectivity index (χ0v) is 13.9. The molecule has 0 spiro atoms. The maximum Gasteiger partial charge on any atom is 0.338 e. The number of hydrogen-bond acceptors (Lipinski definition) is 4. The lowest BCUT2D eigenvalue weighted by atomic mass is 10.1. The van der Waals surface area contributed by atoms with Crippen molar-refractivity contribution < 1.29 is 17.9 Å². The summed E-state index contributed by atoms with van der Waals surface area (Å²) in [6.07, 6.45) is -0.283. The molecule has 0 aliphatic rings. The van der Waals surface area contributed by atoms with Crippen LogP contribution < -0.4 is 0 Å². The molecule has 0 aliphatic heterocycles. The molecular weight excluding hydrogens is 323 g/mol. The molecule has 1 aromatic carbocycles. The molecule has 0 saturated heterocycles. The van der Waals surface area contributed by atoms with Gasteiger partial charge in [-0.05, 0) is 37.5 Å². The zero-order chi connectivity index (χ0) is 15.7. The fraction of sp³-hybridized carbons (Fsp3) is 0.462. The highest BCUT2D eigenvalue weighted by molar-refractivity contribution is 8.13. The monoisotopic (exact) mass is 338 g/mol. The van der Waals surface area contributed by atoms with E-state index in [1.54, 1.807) is 13.8 Å². The fourth-order valence-electron chi connectivity index (χ4n) is 1.41. The Hall–Kier alpha value is -0.780. The van der Waals surface area contributed by atoms with Gasteiger partial charge in [0.25, 0.3) is 9.05 Å². The van der Waals surface area contributed by atoms with E-state index >= 15 is 0 Å². The minimum atomic E-state index is -4.02. The summed E-state index contributed by atoms with van der Waals surface area (Å²) in [5.41, 5.74) is 0.552. The lowest BCUT2D eigenvalue weighted by molar-refractivity contribution is 0.0237. The second kappa shape index (κ2) is 6.33. The van der Waals surface area contributed by atoms with Crippen molar-refractivity contribution in [3.05, 3.63) is 28.3 Å². The van der Waals surface area contributed by atoms with E-state index in [4.69, 9.17) is 27.0 Å². The topological polar surface area (TPSA) is 60.4 Å². The Balaban J connectivity index is 3.21. The Morgan fingerprint density at radius 1 is 1.25 bits per heavy atom. The number of ether oxygens (including phenoxy) is 1. The first-order valence-corrected chi connectivity index (χ1v) is 8.68. The summed E-state index contributed by atoms with van der Waals surface area (Å²) in [7, 11) is 1.28. The predicted octanol–water partition coefficient (Wildman–Crippen LogP) is 3.78. The van der Waals surface area contributed by atoms with Crippen molar-refractivity contribution in [1.82, 2.24) is 0 Å². The Morgan fingerprint density at radius 3 is 2.25 bits per heavy atom. The van der Waals surface area contributed by atoms with Crippen LogP contribution in [0.5, 0.6) is 0 Å². The molecule has 0 fully saturated rings. The van der Waals surface area contributed by atoms with Crippen molar-refractivity contribution in [3.8, 4) is 0 Å². The molecule has 1 unspecified atom stereocenters. The molecule has 0 aliphatic carbocycles. The maximum absolute atomic E-state index is 12.0. The summed E-state index contributed by atoms with van der Waals surface area (Å²) in [6.45, 7) is 7.19. The lowest BCUT2D eigenvalue weighted by Gasteiger charge is -2.17. The molecule has 0 amide bonds. The van der Waals surface area contributed by atoms with Gasteiger partial charge in [-0.2, -0.15) is 0 Å². The molecular formula is C13H16Cl2O4S. The van der Waals surface area contributed by atoms with E-state index in [9.17, 15) is 13.2 Å². The number of rotatable bonds is 4. The van der Waals surface area contributed by atoms with Gasteiger partial charge in [0.15, 0.2) is 0 Å². The molecule has 0 radical (unpaired) electrons. The SMILES string of the molecule is Cc1cc(C(=O)OC(C)C(C)C)cc(S(=O)(=O)Cl)c1Cl. The number of carbonyl (C=O) groups is 1. The normalized spacial score (nSPS) is 13.3. The predicted molar refractivity (Wildman–Crippen MR) is 78.9 cm³/mol. The van der Waals surface area contributed by atoms with Crippen LogP contribution in [0.25, 0.3) is 0 Å². The van der Waals surface area contributed by atoms with E-state index < -0.39 is 15.0 Å². The first-order chi connectivity index (χ1) is 9.04. The quantitative estimate of drug-likeness (QED) is 0.619. The summed E-state index contributed by atoms with van der Waals surface area (Å²) in [5, 5.41) is 0.00783. The van der Waals surface area contributed by atoms with Gasteiger partial charge in [0.1, 0.15) is 11.0 Å². The van der Waals surface area contributed by atoms with Crippen LogP contribution in [-0.2, 0) is 13.8 Å². The van der Waals surface area contributed by atoms with E-state index in [-0.39, 0.29) is 27.5 Å². The largest absolute Gasteiger partial charge is 0.459 e. The highest BCUT2D eigenvalue weighted by Crippen LogP contribution is 2.29. The lowest BCUT2D eigenvalue weighted by Crippen LogP contribution is -2.20. The summed E-state index contributed by atoms with van der Waals surface area (Å²) in [4.78, 5) is 11.7. The molecule has 0 aromatic heterocycles. The molecule has 112 valence electrons. The minimum absolute atomic E-state index is 0.00783. The van der Waals surface area contributed by atoms with E-state index in [0.29, 0.717) is 5.56 Å². The van der Waals surface area contributed by atoms with Crippen LogP contribution in [0, 0.1) is 12.8 Å². The Labute approximate surface area is 128 Å². The summed E-state index contributed by atoms with van der Waals surface area (Å²) in [6, 6.07) is 2.61. The first kappa shape index (κ1) is 17.3. The van der Waals surface area contributed by atoms with Gasteiger partial charge in [0.2, 0.25) is 0 Å². The first-order valence-electron chi connectivity index (χ1n) is 5.99. The second-order valence-corrected chi connectivity index (χ2v) is 7.81. The number of aryl methyl sites for hydroxylation is 1. The highest BCUT2D eigenvalue weighted by Gasteiger charge is 2.22. The van der Waals surface area contributed by atoms with Crippen LogP contribution in [-0.4, -0.2) is 20.5 Å². The van der Waals surface area contributed by atoms with E-state index in [1.165, 1.54) is 6.07 Å². The van der Waals surface area contributed by atoms with Crippen LogP contribution in [0.2, 0.25) is 5.02 Å². The van der Waals surface area contributed by atoms with E-state index in [2.05, 4.69) is 0 Å². The second-order valence-electron chi connectivity index (χ2n) is 4.90. The highest BCUT2D eigenvalue weighted by atomic mass is 35.7. The van der Waals surface area contributed by atoms with Gasteiger partial charge in [-0.25, -0.2) is 13.2 Å². The van der Waals surface area contributed by atoms with Gasteiger partial charge < -0.3 is 4.74 Å². The summed E-state index contributed by atoms with van der Waals surface area (Å²) in [5.74, 6) is -0.448. The van der Waals surface area contributed by atoms with Crippen LogP contribution in [0.4, 0.5) is 0 Å². The third kappa shape index (κ3) is 4.11. The fourth-order valence-corrected chi connectivity index (χ4v) is 2.95. The van der Waals surface area contributed by atoms with Gasteiger partial charge in [0.05, 0.1) is 10.6 Å². The molecule has 7 heteroatoms. The third-order valence-electron chi connectivity index (χ3n) is 2.95. The molecule has 0 saturated carbocycles. The van der Waals surface area contributed by atoms with E-state index in [0.717, 1.165) is 6.07 Å². The number of benzene rings is 1. The molecule has 0 N–H and O–H groups in total. The van der Waals surface area contributed by atoms with Crippen LogP contribution in [0.1, 0.15) is 36.7 Å². The van der Waals surface area contributed by atoms with Crippen LogP contribution in [0.15, 0.2) is 17.0 Å². The number of halogens is 2. The molecule has 0 bridgehead atoms. The van der Waals surface area contributed by atoms with Gasteiger partial charge in [0, 0.05) is 10.7 Å². The van der Waals surface area contributed by atoms with Crippen molar-refractivity contribution in [2.45, 2.75) is 38.7 Å². The van der Waals surface area contributed by atoms with Crippen molar-refractivity contribution in [2.24, 2.45) is 5.92 Å². The molecule has 20 heavy (non-hydrogen) atoms. The van der Waals surface area contributed by atoms with Crippen molar-refractivity contribution in [3.63, 3.8) is 0 Å². The van der Waals surface area contributed by atoms with Gasteiger partial charge in [-0.3, -0.25) is 0 Å². The number of hydrogen-bond donors (Lipinski definition) is 0. The Kier molecular flexibility index (Phi) is 5.46. The Morgan fingerprint density at radius 2 is 1.80 bits per heavy atom. The summed E-state index contributed by atoms with van der Waals surface area (Å²) >= 11 is 5.89.